The van der Waals surface area contributed by atoms with Crippen LogP contribution in [0.3, 0.4) is 0 Å². The molecule has 5 rings (SSSR count). The number of hydrazone groups is 1. The molecular weight excluding hydrogens is 476 g/mol. The molecule has 0 radical (unpaired) electrons. The van der Waals surface area contributed by atoms with E-state index in [0.717, 1.165) is 37.7 Å². The fraction of sp³-hybridized carbons (Fsp3) is 0. The number of hydrogen-bond donors (Lipinski definition) is 1. The summed E-state index contributed by atoms with van der Waals surface area (Å²) in [5, 5.41) is 5.81. The summed E-state index contributed by atoms with van der Waals surface area (Å²) in [4.78, 5) is 18.2. The maximum Gasteiger partial charge on any atom is 0.244 e. The first-order valence-electron chi connectivity index (χ1n) is 9.40. The first-order chi connectivity index (χ1) is 15.2. The number of nitrogens with zero attached hydrogens (tertiary/aromatic N) is 5. The van der Waals surface area contributed by atoms with Crippen molar-refractivity contribution in [3.63, 3.8) is 0 Å². The Kier molecular flexibility index (Phi) is 5.28. The third-order valence-electron chi connectivity index (χ3n) is 4.58. The topological polar surface area (TPSA) is 76.0 Å². The van der Waals surface area contributed by atoms with Gasteiger partial charge in [0.15, 0.2) is 0 Å². The van der Waals surface area contributed by atoms with Crippen molar-refractivity contribution >= 4 is 61.6 Å². The summed E-state index contributed by atoms with van der Waals surface area (Å²) in [7, 11) is 0. The third-order valence-corrected chi connectivity index (χ3v) is 5.31. The molecule has 0 bridgehead atoms. The zero-order chi connectivity index (χ0) is 21.2. The van der Waals surface area contributed by atoms with Gasteiger partial charge in [0.25, 0.3) is 0 Å². The molecule has 5 aromatic rings. The van der Waals surface area contributed by atoms with Crippen LogP contribution in [0.1, 0.15) is 5.69 Å². The molecule has 8 heteroatoms. The molecule has 0 saturated heterocycles. The Labute approximate surface area is 191 Å². The standard InChI is InChI=1S/C23H14BrClN6/c24-15-8-9-19-18(11-15)22(14-4-3-5-16(25)10-14)30-23(29-19)31-27-13-17-12-26-20-6-1-2-7-21(20)28-17/h1-13H,(H,29,30,31). The number of rotatable bonds is 4. The number of para-hydroxylation sites is 2. The second kappa shape index (κ2) is 8.37. The van der Waals surface area contributed by atoms with Gasteiger partial charge in [0.1, 0.15) is 5.69 Å². The van der Waals surface area contributed by atoms with Gasteiger partial charge in [-0.3, -0.25) is 4.98 Å². The van der Waals surface area contributed by atoms with Gasteiger partial charge in [-0.05, 0) is 42.5 Å². The van der Waals surface area contributed by atoms with Crippen LogP contribution < -0.4 is 5.43 Å². The van der Waals surface area contributed by atoms with Crippen molar-refractivity contribution in [3.8, 4) is 11.3 Å². The Balaban J connectivity index is 1.50. The Morgan fingerprint density at radius 2 is 1.74 bits per heavy atom. The van der Waals surface area contributed by atoms with Crippen molar-refractivity contribution in [2.45, 2.75) is 0 Å². The molecule has 3 aromatic carbocycles. The lowest BCUT2D eigenvalue weighted by Gasteiger charge is -2.09. The van der Waals surface area contributed by atoms with E-state index in [1.165, 1.54) is 0 Å². The Morgan fingerprint density at radius 3 is 2.61 bits per heavy atom. The van der Waals surface area contributed by atoms with E-state index < -0.39 is 0 Å². The van der Waals surface area contributed by atoms with Crippen molar-refractivity contribution < 1.29 is 0 Å². The van der Waals surface area contributed by atoms with Crippen molar-refractivity contribution in [3.05, 3.63) is 88.1 Å². The average molecular weight is 490 g/mol. The highest BCUT2D eigenvalue weighted by Gasteiger charge is 2.11. The molecule has 0 aliphatic carbocycles. The minimum atomic E-state index is 0.370. The number of halogens is 2. The summed E-state index contributed by atoms with van der Waals surface area (Å²) >= 11 is 9.73. The average Bonchev–Trinajstić information content (AvgIpc) is 2.79. The van der Waals surface area contributed by atoms with Crippen molar-refractivity contribution in [2.75, 3.05) is 5.43 Å². The van der Waals surface area contributed by atoms with Crippen molar-refractivity contribution in [2.24, 2.45) is 5.10 Å². The van der Waals surface area contributed by atoms with Crippen molar-refractivity contribution in [1.82, 2.24) is 19.9 Å². The maximum atomic E-state index is 6.21. The van der Waals surface area contributed by atoms with Crippen LogP contribution in [0.2, 0.25) is 5.02 Å². The van der Waals surface area contributed by atoms with Crippen LogP contribution in [0.4, 0.5) is 5.95 Å². The maximum absolute atomic E-state index is 6.21. The SMILES string of the molecule is Clc1cccc(-c2nc(NN=Cc3cnc4ccccc4n3)nc3ccc(Br)cc23)c1. The van der Waals surface area contributed by atoms with Gasteiger partial charge < -0.3 is 0 Å². The highest BCUT2D eigenvalue weighted by atomic mass is 79.9. The highest BCUT2D eigenvalue weighted by molar-refractivity contribution is 9.10. The smallest absolute Gasteiger partial charge is 0.244 e. The summed E-state index contributed by atoms with van der Waals surface area (Å²) in [5.74, 6) is 0.370. The number of benzene rings is 3. The number of aromatic nitrogens is 4. The molecule has 0 aliphatic heterocycles. The quantitative estimate of drug-likeness (QED) is 0.244. The molecule has 0 aliphatic rings. The number of fused-ring (bicyclic) bond motifs is 2. The predicted octanol–water partition coefficient (Wildman–Crippen LogP) is 6.10. The Morgan fingerprint density at radius 1 is 0.871 bits per heavy atom. The van der Waals surface area contributed by atoms with Crippen LogP contribution in [0.5, 0.6) is 0 Å². The van der Waals surface area contributed by atoms with E-state index >= 15 is 0 Å². The van der Waals surface area contributed by atoms with Gasteiger partial charge in [-0.15, -0.1) is 0 Å². The zero-order valence-corrected chi connectivity index (χ0v) is 18.3. The molecule has 0 unspecified atom stereocenters. The first-order valence-corrected chi connectivity index (χ1v) is 10.6. The Hall–Kier alpha value is -3.42. The molecule has 1 N–H and O–H groups in total. The van der Waals surface area contributed by atoms with Gasteiger partial charge in [0, 0.05) is 20.4 Å². The van der Waals surface area contributed by atoms with Crippen LogP contribution in [0.25, 0.3) is 33.2 Å². The van der Waals surface area contributed by atoms with E-state index in [9.17, 15) is 0 Å². The molecule has 2 heterocycles. The minimum Gasteiger partial charge on any atom is -0.252 e. The lowest BCUT2D eigenvalue weighted by Crippen LogP contribution is -2.00. The lowest BCUT2D eigenvalue weighted by molar-refractivity contribution is 1.15. The van der Waals surface area contributed by atoms with Crippen molar-refractivity contribution in [1.29, 1.82) is 0 Å². The Bertz CT molecular complexity index is 1450. The molecule has 0 saturated carbocycles. The molecule has 0 amide bonds. The number of hydrogen-bond acceptors (Lipinski definition) is 6. The largest absolute Gasteiger partial charge is 0.252 e. The van der Waals surface area contributed by atoms with Crippen LogP contribution in [-0.4, -0.2) is 26.2 Å². The molecule has 150 valence electrons. The predicted molar refractivity (Wildman–Crippen MR) is 128 cm³/mol. The summed E-state index contributed by atoms with van der Waals surface area (Å²) < 4.78 is 0.945. The van der Waals surface area contributed by atoms with E-state index in [-0.39, 0.29) is 0 Å². The van der Waals surface area contributed by atoms with E-state index in [4.69, 9.17) is 11.6 Å². The minimum absolute atomic E-state index is 0.370. The van der Waals surface area contributed by atoms with Gasteiger partial charge in [-0.2, -0.15) is 5.10 Å². The highest BCUT2D eigenvalue weighted by Crippen LogP contribution is 2.30. The fourth-order valence-corrected chi connectivity index (χ4v) is 3.75. The van der Waals surface area contributed by atoms with E-state index in [1.807, 2.05) is 66.7 Å². The fourth-order valence-electron chi connectivity index (χ4n) is 3.20. The van der Waals surface area contributed by atoms with Gasteiger partial charge in [0.2, 0.25) is 5.95 Å². The summed E-state index contributed by atoms with van der Waals surface area (Å²) in [5.41, 5.74) is 7.62. The molecule has 0 atom stereocenters. The van der Waals surface area contributed by atoms with Crippen LogP contribution in [-0.2, 0) is 0 Å². The third kappa shape index (κ3) is 4.23. The van der Waals surface area contributed by atoms with E-state index in [0.29, 0.717) is 16.7 Å². The first kappa shape index (κ1) is 19.5. The monoisotopic (exact) mass is 488 g/mol. The van der Waals surface area contributed by atoms with Gasteiger partial charge in [0.05, 0.1) is 34.7 Å². The molecule has 2 aromatic heterocycles. The van der Waals surface area contributed by atoms with E-state index in [2.05, 4.69) is 46.4 Å². The number of nitrogens with one attached hydrogen (secondary N) is 1. The van der Waals surface area contributed by atoms with E-state index in [1.54, 1.807) is 12.4 Å². The van der Waals surface area contributed by atoms with Crippen LogP contribution in [0.15, 0.2) is 82.5 Å². The second-order valence-corrected chi connectivity index (χ2v) is 8.07. The molecule has 0 fully saturated rings. The summed E-state index contributed by atoms with van der Waals surface area (Å²) in [6.07, 6.45) is 3.26. The van der Waals surface area contributed by atoms with Crippen LogP contribution >= 0.6 is 27.5 Å². The van der Waals surface area contributed by atoms with Gasteiger partial charge in [-0.25, -0.2) is 20.4 Å². The zero-order valence-electron chi connectivity index (χ0n) is 16.0. The normalized spacial score (nSPS) is 11.4. The second-order valence-electron chi connectivity index (χ2n) is 6.72. The van der Waals surface area contributed by atoms with Gasteiger partial charge in [-0.1, -0.05) is 51.8 Å². The molecular formula is C23H14BrClN6. The summed E-state index contributed by atoms with van der Waals surface area (Å²) in [6, 6.07) is 21.1. The molecule has 31 heavy (non-hydrogen) atoms. The van der Waals surface area contributed by atoms with Gasteiger partial charge >= 0.3 is 0 Å². The molecule has 6 nitrogen and oxygen atoms in total. The van der Waals surface area contributed by atoms with Crippen LogP contribution in [0, 0.1) is 0 Å². The lowest BCUT2D eigenvalue weighted by atomic mass is 10.1. The summed E-state index contributed by atoms with van der Waals surface area (Å²) in [6.45, 7) is 0. The molecule has 0 spiro atoms. The number of anilines is 1.